The van der Waals surface area contributed by atoms with Gasteiger partial charge in [0.05, 0.1) is 0 Å². The molecule has 0 fully saturated rings. The van der Waals surface area contributed by atoms with Gasteiger partial charge in [0.25, 0.3) is 0 Å². The van der Waals surface area contributed by atoms with E-state index in [2.05, 4.69) is 42.1 Å². The molecule has 1 aromatic carbocycles. The van der Waals surface area contributed by atoms with Gasteiger partial charge in [0, 0.05) is 0 Å². The summed E-state index contributed by atoms with van der Waals surface area (Å²) in [5.74, 6) is -0.832. The Morgan fingerprint density at radius 3 is 2.55 bits per heavy atom. The molecule has 0 aromatic heterocycles. The Hall–Kier alpha value is -1.03. The van der Waals surface area contributed by atoms with Crippen LogP contribution in [-0.4, -0.2) is 50.9 Å². The van der Waals surface area contributed by atoms with Crippen molar-refractivity contribution in [2.24, 2.45) is 0 Å². The third-order valence-corrected chi connectivity index (χ3v) is 6.03. The minimum atomic E-state index is -0.832. The van der Waals surface area contributed by atoms with E-state index in [1.807, 2.05) is 6.07 Å². The molecule has 0 heterocycles. The van der Waals surface area contributed by atoms with Gasteiger partial charge in [-0.05, 0) is 0 Å². The van der Waals surface area contributed by atoms with Crippen LogP contribution in [0.5, 0.6) is 0 Å². The summed E-state index contributed by atoms with van der Waals surface area (Å²) in [5.41, 5.74) is 12.1. The number of benzene rings is 1. The fourth-order valence-electron chi connectivity index (χ4n) is 2.43. The van der Waals surface area contributed by atoms with Crippen LogP contribution in [0.2, 0.25) is 16.6 Å². The van der Waals surface area contributed by atoms with E-state index in [0.29, 0.717) is 5.69 Å². The molecule has 0 saturated carbocycles. The van der Waals surface area contributed by atoms with Gasteiger partial charge >= 0.3 is 137 Å². The molecule has 1 rings (SSSR count). The van der Waals surface area contributed by atoms with Crippen LogP contribution in [0.3, 0.4) is 0 Å². The Bertz CT molecular complexity index is 518. The molecule has 124 valence electrons. The monoisotopic (exact) mass is 370 g/mol. The van der Waals surface area contributed by atoms with Gasteiger partial charge in [-0.3, -0.25) is 0 Å². The molecule has 0 aliphatic heterocycles. The van der Waals surface area contributed by atoms with Crippen molar-refractivity contribution >= 4 is 26.3 Å². The average Bonchev–Trinajstić information content (AvgIpc) is 2.43. The first kappa shape index (κ1) is 19.0. The van der Waals surface area contributed by atoms with Crippen LogP contribution in [0.4, 0.5) is 5.69 Å². The van der Waals surface area contributed by atoms with Crippen LogP contribution in [0, 0.1) is 0 Å². The fraction of sp³-hybridized carbons (Fsp3) is 0.562. The average molecular weight is 370 g/mol. The van der Waals surface area contributed by atoms with Gasteiger partial charge in [-0.2, -0.15) is 0 Å². The van der Waals surface area contributed by atoms with Crippen LogP contribution in [-0.2, 0) is 10.3 Å². The second-order valence-electron chi connectivity index (χ2n) is 6.61. The van der Waals surface area contributed by atoms with Crippen molar-refractivity contribution in [1.82, 2.24) is 4.90 Å². The predicted octanol–water partition coefficient (Wildman–Crippen LogP) is 2.86. The van der Waals surface area contributed by atoms with Gasteiger partial charge < -0.3 is 0 Å². The normalized spacial score (nSPS) is 12.0. The SMILES string of the molecule is CN(CC[As](C)C)CC(C)(C)c1ccc(C(=O)OO)c(N)c1. The summed E-state index contributed by atoms with van der Waals surface area (Å²) in [5, 5.41) is 9.76. The van der Waals surface area contributed by atoms with Crippen molar-refractivity contribution in [1.29, 1.82) is 0 Å². The molecule has 1 aromatic rings. The van der Waals surface area contributed by atoms with Crippen LogP contribution in [0.1, 0.15) is 29.8 Å². The van der Waals surface area contributed by atoms with Gasteiger partial charge in [0.2, 0.25) is 0 Å². The fourth-order valence-corrected chi connectivity index (χ4v) is 3.99. The van der Waals surface area contributed by atoms with Crippen molar-refractivity contribution in [2.45, 2.75) is 35.9 Å². The van der Waals surface area contributed by atoms with Crippen molar-refractivity contribution < 1.29 is 14.9 Å². The molecule has 0 amide bonds. The molecular weight excluding hydrogens is 343 g/mol. The molecule has 0 spiro atoms. The number of hydrogen-bond acceptors (Lipinski definition) is 5. The first-order valence-electron chi connectivity index (χ1n) is 7.26. The standard InChI is InChI=1S/C16H27AsN2O3/c1-16(2,11-19(5)9-8-17(3)4)12-6-7-13(14(18)10-12)15(20)22-21/h6-7,10,21H,8-9,11,18H2,1-5H3. The first-order valence-corrected chi connectivity index (χ1v) is 12.3. The quantitative estimate of drug-likeness (QED) is 0.334. The first-order chi connectivity index (χ1) is 10.2. The van der Waals surface area contributed by atoms with E-state index in [-0.39, 0.29) is 11.0 Å². The summed E-state index contributed by atoms with van der Waals surface area (Å²) < 4.78 is 0. The second kappa shape index (κ2) is 8.00. The maximum atomic E-state index is 11.4. The maximum absolute atomic E-state index is 11.4. The molecular formula is C16H27AsN2O3. The Labute approximate surface area is 137 Å². The van der Waals surface area contributed by atoms with Gasteiger partial charge in [0.15, 0.2) is 0 Å². The van der Waals surface area contributed by atoms with Gasteiger partial charge in [0.1, 0.15) is 0 Å². The van der Waals surface area contributed by atoms with Gasteiger partial charge in [-0.15, -0.1) is 0 Å². The van der Waals surface area contributed by atoms with E-state index in [4.69, 9.17) is 11.0 Å². The number of carbonyl (C=O) groups is 1. The van der Waals surface area contributed by atoms with Crippen molar-refractivity contribution in [3.05, 3.63) is 29.3 Å². The van der Waals surface area contributed by atoms with Crippen molar-refractivity contribution in [3.8, 4) is 0 Å². The Morgan fingerprint density at radius 2 is 2.05 bits per heavy atom. The number of hydrogen-bond donors (Lipinski definition) is 2. The number of anilines is 1. The number of nitrogen functional groups attached to an aromatic ring is 1. The molecule has 22 heavy (non-hydrogen) atoms. The van der Waals surface area contributed by atoms with E-state index in [9.17, 15) is 4.79 Å². The van der Waals surface area contributed by atoms with E-state index in [1.165, 1.54) is 5.21 Å². The van der Waals surface area contributed by atoms with Crippen LogP contribution in [0.15, 0.2) is 18.2 Å². The molecule has 0 saturated heterocycles. The third kappa shape index (κ3) is 5.31. The van der Waals surface area contributed by atoms with Gasteiger partial charge in [-0.1, -0.05) is 0 Å². The minimum absolute atomic E-state index is 0.0795. The molecule has 0 aliphatic carbocycles. The predicted molar refractivity (Wildman–Crippen MR) is 91.7 cm³/mol. The second-order valence-corrected chi connectivity index (χ2v) is 12.1. The molecule has 0 radical (unpaired) electrons. The molecule has 0 atom stereocenters. The molecule has 0 unspecified atom stereocenters. The van der Waals surface area contributed by atoms with Crippen LogP contribution < -0.4 is 5.73 Å². The zero-order valence-corrected chi connectivity index (χ0v) is 16.0. The van der Waals surface area contributed by atoms with E-state index >= 15 is 0 Å². The molecule has 6 heteroatoms. The zero-order valence-electron chi connectivity index (χ0n) is 14.1. The zero-order chi connectivity index (χ0) is 16.9. The number of nitrogens with zero attached hydrogens (tertiary/aromatic N) is 1. The van der Waals surface area contributed by atoms with E-state index in [1.54, 1.807) is 12.1 Å². The summed E-state index contributed by atoms with van der Waals surface area (Å²) in [6.07, 6.45) is 0. The summed E-state index contributed by atoms with van der Waals surface area (Å²) in [4.78, 5) is 17.5. The summed E-state index contributed by atoms with van der Waals surface area (Å²) in [7, 11) is 2.14. The Morgan fingerprint density at radius 1 is 1.41 bits per heavy atom. The Kier molecular flexibility index (Phi) is 6.91. The molecule has 3 N–H and O–H groups in total. The van der Waals surface area contributed by atoms with E-state index in [0.717, 1.165) is 18.7 Å². The third-order valence-electron chi connectivity index (χ3n) is 3.73. The van der Waals surface area contributed by atoms with Crippen molar-refractivity contribution in [3.63, 3.8) is 0 Å². The number of rotatable bonds is 7. The number of nitrogens with two attached hydrogens (primary N) is 1. The van der Waals surface area contributed by atoms with Gasteiger partial charge in [-0.25, -0.2) is 0 Å². The van der Waals surface area contributed by atoms with E-state index < -0.39 is 20.6 Å². The summed E-state index contributed by atoms with van der Waals surface area (Å²) in [6, 6.07) is 5.26. The Balaban J connectivity index is 2.84. The summed E-state index contributed by atoms with van der Waals surface area (Å²) in [6.45, 7) is 6.35. The number of carbonyl (C=O) groups excluding carboxylic acids is 1. The molecule has 5 nitrogen and oxygen atoms in total. The summed E-state index contributed by atoms with van der Waals surface area (Å²) >= 11 is -0.596. The van der Waals surface area contributed by atoms with Crippen LogP contribution in [0.25, 0.3) is 0 Å². The molecule has 0 bridgehead atoms. The van der Waals surface area contributed by atoms with Crippen LogP contribution >= 0.6 is 0 Å². The topological polar surface area (TPSA) is 75.8 Å². The number of likely N-dealkylation sites (N-methyl/N-ethyl adjacent to an activating group) is 1. The molecule has 0 aliphatic rings. The van der Waals surface area contributed by atoms with Crippen molar-refractivity contribution in [2.75, 3.05) is 25.9 Å².